The van der Waals surface area contributed by atoms with Crippen molar-refractivity contribution in [2.75, 3.05) is 5.75 Å². The van der Waals surface area contributed by atoms with Crippen molar-refractivity contribution in [3.63, 3.8) is 0 Å². The molecule has 0 atom stereocenters. The lowest BCUT2D eigenvalue weighted by Crippen LogP contribution is -1.79. The van der Waals surface area contributed by atoms with E-state index in [0.717, 1.165) is 11.5 Å². The van der Waals surface area contributed by atoms with Gasteiger partial charge >= 0.3 is 0 Å². The van der Waals surface area contributed by atoms with E-state index in [2.05, 4.69) is 0 Å². The van der Waals surface area contributed by atoms with Gasteiger partial charge in [0.15, 0.2) is 10.7 Å². The molecule has 0 N–H and O–H groups in total. The SMILES string of the molecule is O=[SH](=O)C=CC[SH](=O)=O. The molecule has 0 amide bonds. The first-order valence-electron chi connectivity index (χ1n) is 2.05. The summed E-state index contributed by atoms with van der Waals surface area (Å²) in [7, 11) is -5.06. The summed E-state index contributed by atoms with van der Waals surface area (Å²) in [6.45, 7) is 0. The van der Waals surface area contributed by atoms with E-state index in [1.54, 1.807) is 0 Å². The minimum atomic E-state index is -2.58. The lowest BCUT2D eigenvalue weighted by Gasteiger charge is -1.71. The minimum Gasteiger partial charge on any atom is -0.232 e. The molecule has 0 bridgehead atoms. The number of thiol groups is 2. The van der Waals surface area contributed by atoms with Crippen LogP contribution in [0.5, 0.6) is 0 Å². The van der Waals surface area contributed by atoms with E-state index in [1.807, 2.05) is 0 Å². The molecular weight excluding hydrogens is 164 g/mol. The summed E-state index contributed by atoms with van der Waals surface area (Å²) in [6.07, 6.45) is 1.08. The van der Waals surface area contributed by atoms with E-state index in [0.29, 0.717) is 0 Å². The normalized spacial score (nSPS) is 11.8. The highest BCUT2D eigenvalue weighted by molar-refractivity contribution is 7.75. The molecule has 6 heteroatoms. The maximum atomic E-state index is 9.77. The van der Waals surface area contributed by atoms with Crippen LogP contribution in [0.2, 0.25) is 0 Å². The fourth-order valence-corrected chi connectivity index (χ4v) is 0.941. The highest BCUT2D eigenvalue weighted by Crippen LogP contribution is 1.72. The lowest BCUT2D eigenvalue weighted by atomic mass is 10.8. The lowest BCUT2D eigenvalue weighted by molar-refractivity contribution is 0.617. The van der Waals surface area contributed by atoms with Crippen LogP contribution >= 0.6 is 0 Å². The average molecular weight is 170 g/mol. The monoisotopic (exact) mass is 170 g/mol. The fraction of sp³-hybridized carbons (Fsp3) is 0.333. The van der Waals surface area contributed by atoms with Crippen molar-refractivity contribution < 1.29 is 16.8 Å². The van der Waals surface area contributed by atoms with Crippen LogP contribution in [0.3, 0.4) is 0 Å². The van der Waals surface area contributed by atoms with Crippen molar-refractivity contribution in [2.24, 2.45) is 0 Å². The summed E-state index contributed by atoms with van der Waals surface area (Å²) < 4.78 is 39.0. The maximum Gasteiger partial charge on any atom is 0.161 e. The Labute approximate surface area is 56.1 Å². The molecule has 0 aliphatic carbocycles. The first-order valence-corrected chi connectivity index (χ1v) is 4.66. The van der Waals surface area contributed by atoms with Crippen LogP contribution in [0, 0.1) is 0 Å². The molecule has 0 heterocycles. The zero-order valence-corrected chi connectivity index (χ0v) is 6.18. The van der Waals surface area contributed by atoms with Gasteiger partial charge in [-0.25, -0.2) is 16.8 Å². The first-order chi connectivity index (χ1) is 4.13. The van der Waals surface area contributed by atoms with Crippen molar-refractivity contribution in [1.82, 2.24) is 0 Å². The second-order valence-electron chi connectivity index (χ2n) is 1.19. The molecule has 54 valence electrons. The third kappa shape index (κ3) is 7.64. The van der Waals surface area contributed by atoms with Crippen molar-refractivity contribution in [3.8, 4) is 0 Å². The molecule has 9 heavy (non-hydrogen) atoms. The van der Waals surface area contributed by atoms with Crippen LogP contribution in [0.25, 0.3) is 0 Å². The van der Waals surface area contributed by atoms with Gasteiger partial charge in [-0.2, -0.15) is 0 Å². The van der Waals surface area contributed by atoms with Gasteiger partial charge in [-0.1, -0.05) is 6.08 Å². The Morgan fingerprint density at radius 2 is 1.67 bits per heavy atom. The predicted octanol–water partition coefficient (Wildman–Crippen LogP) is -1.28. The van der Waals surface area contributed by atoms with Gasteiger partial charge in [0, 0.05) is 5.41 Å². The van der Waals surface area contributed by atoms with Crippen molar-refractivity contribution >= 4 is 21.4 Å². The third-order valence-electron chi connectivity index (χ3n) is 0.482. The minimum absolute atomic E-state index is 0.210. The van der Waals surface area contributed by atoms with Gasteiger partial charge < -0.3 is 0 Å². The third-order valence-corrected chi connectivity index (χ3v) is 1.44. The fourth-order valence-electron chi connectivity index (χ4n) is 0.219. The number of hydrogen-bond donors (Lipinski definition) is 2. The molecule has 0 aromatic heterocycles. The van der Waals surface area contributed by atoms with Crippen molar-refractivity contribution in [1.29, 1.82) is 0 Å². The molecule has 0 rings (SSSR count). The number of hydrogen-bond acceptors (Lipinski definition) is 4. The van der Waals surface area contributed by atoms with Crippen LogP contribution in [-0.2, 0) is 21.4 Å². The van der Waals surface area contributed by atoms with Crippen LogP contribution in [0.15, 0.2) is 11.5 Å². The second kappa shape index (κ2) is 4.51. The van der Waals surface area contributed by atoms with Gasteiger partial charge in [0.25, 0.3) is 0 Å². The van der Waals surface area contributed by atoms with Gasteiger partial charge in [-0.3, -0.25) is 0 Å². The Morgan fingerprint density at radius 3 is 2.00 bits per heavy atom. The van der Waals surface area contributed by atoms with Crippen LogP contribution in [-0.4, -0.2) is 22.6 Å². The molecular formula is C3H6O4S2. The maximum absolute atomic E-state index is 9.77. The molecule has 0 aromatic rings. The standard InChI is InChI=1S/C3H6O4S2/c4-8(5)2-1-3-9(6)7/h1-2,8-9H,3H2. The van der Waals surface area contributed by atoms with E-state index in [9.17, 15) is 16.8 Å². The van der Waals surface area contributed by atoms with Gasteiger partial charge in [0.1, 0.15) is 10.7 Å². The van der Waals surface area contributed by atoms with Gasteiger partial charge in [0.05, 0.1) is 5.75 Å². The Bertz CT molecular complexity index is 218. The Balaban J connectivity index is 3.75. The van der Waals surface area contributed by atoms with Gasteiger partial charge in [-0.05, 0) is 0 Å². The molecule has 0 unspecified atom stereocenters. The molecule has 0 radical (unpaired) electrons. The summed E-state index contributed by atoms with van der Waals surface area (Å²) in [4.78, 5) is 0. The topological polar surface area (TPSA) is 68.3 Å². The largest absolute Gasteiger partial charge is 0.232 e. The summed E-state index contributed by atoms with van der Waals surface area (Å²) >= 11 is 0. The Hall–Kier alpha value is -0.360. The highest BCUT2D eigenvalue weighted by Gasteiger charge is 1.77. The molecule has 0 fully saturated rings. The highest BCUT2D eigenvalue weighted by atomic mass is 32.2. The smallest absolute Gasteiger partial charge is 0.161 e. The molecule has 0 saturated heterocycles. The average Bonchev–Trinajstić information content (AvgIpc) is 1.63. The Kier molecular flexibility index (Phi) is 4.33. The van der Waals surface area contributed by atoms with Gasteiger partial charge in [0.2, 0.25) is 0 Å². The van der Waals surface area contributed by atoms with Crippen molar-refractivity contribution in [2.45, 2.75) is 0 Å². The zero-order valence-electron chi connectivity index (χ0n) is 4.39. The first kappa shape index (κ1) is 8.64. The summed E-state index contributed by atoms with van der Waals surface area (Å²) in [5, 5.41) is 0.834. The molecule has 0 saturated carbocycles. The van der Waals surface area contributed by atoms with Crippen LogP contribution < -0.4 is 0 Å². The molecule has 4 nitrogen and oxygen atoms in total. The molecule has 0 aliphatic heterocycles. The van der Waals surface area contributed by atoms with Crippen LogP contribution in [0.1, 0.15) is 0 Å². The molecule has 0 spiro atoms. The number of rotatable bonds is 3. The summed E-state index contributed by atoms with van der Waals surface area (Å²) in [5.74, 6) is -0.210. The van der Waals surface area contributed by atoms with E-state index in [-0.39, 0.29) is 5.75 Å². The van der Waals surface area contributed by atoms with E-state index in [1.165, 1.54) is 0 Å². The van der Waals surface area contributed by atoms with Crippen LogP contribution in [0.4, 0.5) is 0 Å². The molecule has 0 aromatic carbocycles. The van der Waals surface area contributed by atoms with E-state index >= 15 is 0 Å². The molecule has 0 aliphatic rings. The summed E-state index contributed by atoms with van der Waals surface area (Å²) in [6, 6.07) is 0. The van der Waals surface area contributed by atoms with E-state index in [4.69, 9.17) is 0 Å². The van der Waals surface area contributed by atoms with Crippen molar-refractivity contribution in [3.05, 3.63) is 11.5 Å². The Morgan fingerprint density at radius 1 is 1.11 bits per heavy atom. The second-order valence-corrected chi connectivity index (χ2v) is 3.08. The zero-order chi connectivity index (χ0) is 7.28. The predicted molar refractivity (Wildman–Crippen MR) is 34.6 cm³/mol. The van der Waals surface area contributed by atoms with E-state index < -0.39 is 21.4 Å². The quantitative estimate of drug-likeness (QED) is 0.518. The van der Waals surface area contributed by atoms with Gasteiger partial charge in [-0.15, -0.1) is 0 Å². The summed E-state index contributed by atoms with van der Waals surface area (Å²) in [5.41, 5.74) is 0.